The van der Waals surface area contributed by atoms with E-state index in [2.05, 4.69) is 65.3 Å². The number of fused-ring (bicyclic) bond motifs is 2. The number of rotatable bonds is 5. The second-order valence-electron chi connectivity index (χ2n) is 11.0. The fourth-order valence-electron chi connectivity index (χ4n) is 6.34. The number of H-pyrrole nitrogens is 1. The normalized spacial score (nSPS) is 16.9. The Hall–Kier alpha value is -4.84. The number of nitrogens with one attached hydrogen (secondary N) is 1. The van der Waals surface area contributed by atoms with E-state index >= 15 is 0 Å². The number of aromatic amines is 1. The van der Waals surface area contributed by atoms with Gasteiger partial charge >= 0.3 is 0 Å². The first-order valence-electron chi connectivity index (χ1n) is 14.2. The molecule has 3 heterocycles. The molecule has 1 fully saturated rings. The van der Waals surface area contributed by atoms with Crippen LogP contribution in [0.1, 0.15) is 33.1 Å². The summed E-state index contributed by atoms with van der Waals surface area (Å²) in [4.78, 5) is 37.3. The fraction of sp³-hybridized carbons (Fsp3) is 0.200. The van der Waals surface area contributed by atoms with Crippen molar-refractivity contribution in [2.75, 3.05) is 37.6 Å². The van der Waals surface area contributed by atoms with Gasteiger partial charge < -0.3 is 19.7 Å². The number of amides is 2. The number of hydrogen-bond donors (Lipinski definition) is 1. The van der Waals surface area contributed by atoms with Crippen molar-refractivity contribution in [2.24, 2.45) is 0 Å². The molecule has 1 atom stereocenters. The van der Waals surface area contributed by atoms with Gasteiger partial charge in [-0.2, -0.15) is 0 Å². The van der Waals surface area contributed by atoms with Crippen molar-refractivity contribution in [3.05, 3.63) is 125 Å². The molecule has 4 aromatic carbocycles. The average Bonchev–Trinajstić information content (AvgIpc) is 3.53. The third kappa shape index (κ3) is 4.45. The van der Waals surface area contributed by atoms with Gasteiger partial charge in [-0.25, -0.2) is 0 Å². The summed E-state index contributed by atoms with van der Waals surface area (Å²) < 4.78 is 0. The zero-order valence-electron chi connectivity index (χ0n) is 23.1. The van der Waals surface area contributed by atoms with Crippen LogP contribution in [0.3, 0.4) is 0 Å². The highest BCUT2D eigenvalue weighted by molar-refractivity contribution is 6.03. The van der Waals surface area contributed by atoms with E-state index in [1.165, 1.54) is 11.3 Å². The zero-order chi connectivity index (χ0) is 27.9. The number of anilines is 1. The van der Waals surface area contributed by atoms with E-state index in [1.807, 2.05) is 59.5 Å². The summed E-state index contributed by atoms with van der Waals surface area (Å²) in [6.45, 7) is 4.93. The monoisotopic (exact) mass is 540 g/mol. The highest BCUT2D eigenvalue weighted by atomic mass is 16.2. The van der Waals surface area contributed by atoms with Crippen molar-refractivity contribution >= 4 is 28.4 Å². The number of carbonyl (C=O) groups excluding carboxylic acids is 2. The summed E-state index contributed by atoms with van der Waals surface area (Å²) in [7, 11) is 0. The molecule has 204 valence electrons. The smallest absolute Gasteiger partial charge is 0.255 e. The van der Waals surface area contributed by atoms with Gasteiger partial charge in [0.15, 0.2) is 0 Å². The lowest BCUT2D eigenvalue weighted by atomic mass is 9.93. The predicted octanol–water partition coefficient (Wildman–Crippen LogP) is 6.04. The molecule has 6 heteroatoms. The Kier molecular flexibility index (Phi) is 6.31. The number of piperazine rings is 1. The summed E-state index contributed by atoms with van der Waals surface area (Å²) in [6.07, 6.45) is 0. The number of aryl methyl sites for hydroxylation is 1. The van der Waals surface area contributed by atoms with Gasteiger partial charge in [-0.1, -0.05) is 84.4 Å². The van der Waals surface area contributed by atoms with E-state index in [-0.39, 0.29) is 24.4 Å². The van der Waals surface area contributed by atoms with Gasteiger partial charge in [-0.05, 0) is 42.3 Å². The van der Waals surface area contributed by atoms with E-state index in [1.54, 1.807) is 4.90 Å². The lowest BCUT2D eigenvalue weighted by molar-refractivity contribution is -0.132. The van der Waals surface area contributed by atoms with Crippen LogP contribution in [0, 0.1) is 6.92 Å². The molecule has 0 unspecified atom stereocenters. The molecule has 41 heavy (non-hydrogen) atoms. The Bertz CT molecular complexity index is 1730. The molecule has 5 aromatic rings. The van der Waals surface area contributed by atoms with Gasteiger partial charge in [0, 0.05) is 53.9 Å². The van der Waals surface area contributed by atoms with Crippen molar-refractivity contribution in [2.45, 2.75) is 13.0 Å². The second kappa shape index (κ2) is 10.3. The Labute approximate surface area is 239 Å². The van der Waals surface area contributed by atoms with Crippen LogP contribution >= 0.6 is 0 Å². The van der Waals surface area contributed by atoms with Crippen LogP contribution in [0.15, 0.2) is 103 Å². The molecule has 2 aliphatic rings. The molecule has 1 aromatic heterocycles. The first kappa shape index (κ1) is 25.1. The van der Waals surface area contributed by atoms with Crippen LogP contribution in [0.4, 0.5) is 5.69 Å². The molecule has 1 N–H and O–H groups in total. The molecule has 1 saturated heterocycles. The number of carbonyl (C=O) groups is 2. The minimum absolute atomic E-state index is 0.0133. The lowest BCUT2D eigenvalue weighted by Gasteiger charge is -2.37. The number of aromatic nitrogens is 1. The number of benzene rings is 4. The molecular weight excluding hydrogens is 508 g/mol. The largest absolute Gasteiger partial charge is 0.368 e. The van der Waals surface area contributed by atoms with E-state index in [9.17, 15) is 9.59 Å². The maximum absolute atomic E-state index is 13.9. The van der Waals surface area contributed by atoms with Gasteiger partial charge in [-0.3, -0.25) is 9.59 Å². The highest BCUT2D eigenvalue weighted by Crippen LogP contribution is 2.45. The quantitative estimate of drug-likeness (QED) is 0.296. The number of hydrogen-bond acceptors (Lipinski definition) is 3. The highest BCUT2D eigenvalue weighted by Gasteiger charge is 2.41. The topological polar surface area (TPSA) is 59.7 Å². The zero-order valence-corrected chi connectivity index (χ0v) is 23.1. The molecule has 0 saturated carbocycles. The first-order chi connectivity index (χ1) is 20.1. The maximum atomic E-state index is 13.9. The molecule has 0 aliphatic carbocycles. The van der Waals surface area contributed by atoms with Gasteiger partial charge in [0.25, 0.3) is 5.91 Å². The summed E-state index contributed by atoms with van der Waals surface area (Å²) in [5.41, 5.74) is 8.05. The molecule has 2 amide bonds. The molecule has 0 spiro atoms. The molecule has 0 radical (unpaired) electrons. The Morgan fingerprint density at radius 1 is 0.805 bits per heavy atom. The van der Waals surface area contributed by atoms with Crippen molar-refractivity contribution in [1.29, 1.82) is 0 Å². The number of nitrogens with zero attached hydrogens (tertiary/aromatic N) is 3. The van der Waals surface area contributed by atoms with Crippen molar-refractivity contribution in [3.63, 3.8) is 0 Å². The minimum atomic E-state index is -0.374. The van der Waals surface area contributed by atoms with Crippen molar-refractivity contribution in [3.8, 4) is 11.3 Å². The van der Waals surface area contributed by atoms with Crippen LogP contribution in [0.2, 0.25) is 0 Å². The second-order valence-corrected chi connectivity index (χ2v) is 11.0. The third-order valence-corrected chi connectivity index (χ3v) is 8.48. The lowest BCUT2D eigenvalue weighted by Crippen LogP contribution is -2.51. The van der Waals surface area contributed by atoms with Gasteiger partial charge in [0.2, 0.25) is 5.91 Å². The Morgan fingerprint density at radius 3 is 2.27 bits per heavy atom. The first-order valence-corrected chi connectivity index (χ1v) is 14.2. The van der Waals surface area contributed by atoms with Gasteiger partial charge in [0.1, 0.15) is 6.54 Å². The third-order valence-electron chi connectivity index (χ3n) is 8.48. The van der Waals surface area contributed by atoms with Crippen LogP contribution in [0.25, 0.3) is 22.2 Å². The SMILES string of the molecule is Cc1ccc(-c2[nH]c3ccccc3c2[C@@H]2c3ccccc3C(=O)N2CC(=O)N2CCN(c3ccccc3)CC2)cc1. The minimum Gasteiger partial charge on any atom is -0.368 e. The Morgan fingerprint density at radius 2 is 1.49 bits per heavy atom. The molecular formula is C35H32N4O2. The summed E-state index contributed by atoms with van der Waals surface area (Å²) in [5.74, 6) is -0.109. The van der Waals surface area contributed by atoms with Gasteiger partial charge in [0.05, 0.1) is 11.7 Å². The van der Waals surface area contributed by atoms with Crippen LogP contribution < -0.4 is 4.90 Å². The van der Waals surface area contributed by atoms with E-state index in [0.717, 1.165) is 46.4 Å². The fourth-order valence-corrected chi connectivity index (χ4v) is 6.34. The van der Waals surface area contributed by atoms with E-state index in [4.69, 9.17) is 0 Å². The molecule has 7 rings (SSSR count). The van der Waals surface area contributed by atoms with Crippen molar-refractivity contribution in [1.82, 2.24) is 14.8 Å². The molecule has 2 aliphatic heterocycles. The van der Waals surface area contributed by atoms with Crippen molar-refractivity contribution < 1.29 is 9.59 Å². The summed E-state index contributed by atoms with van der Waals surface area (Å²) >= 11 is 0. The van der Waals surface area contributed by atoms with Gasteiger partial charge in [-0.15, -0.1) is 0 Å². The predicted molar refractivity (Wildman–Crippen MR) is 163 cm³/mol. The number of para-hydroxylation sites is 2. The van der Waals surface area contributed by atoms with E-state index in [0.29, 0.717) is 18.7 Å². The van der Waals surface area contributed by atoms with Crippen LogP contribution in [-0.4, -0.2) is 59.3 Å². The maximum Gasteiger partial charge on any atom is 0.255 e. The Balaban J connectivity index is 1.24. The molecule has 6 nitrogen and oxygen atoms in total. The average molecular weight is 541 g/mol. The van der Waals surface area contributed by atoms with Crippen LogP contribution in [-0.2, 0) is 4.79 Å². The standard InChI is InChI=1S/C35H32N4O2/c1-24-15-17-25(18-16-24)33-32(29-13-7-8-14-30(29)36-33)34-27-11-5-6-12-28(27)35(41)39(34)23-31(40)38-21-19-37(20-22-38)26-9-3-2-4-10-26/h2-18,34,36H,19-23H2,1H3/t34-/m0/s1. The summed E-state index contributed by atoms with van der Waals surface area (Å²) in [5, 5.41) is 1.06. The van der Waals surface area contributed by atoms with Crippen LogP contribution in [0.5, 0.6) is 0 Å². The molecule has 0 bridgehead atoms. The van der Waals surface area contributed by atoms with E-state index < -0.39 is 0 Å². The summed E-state index contributed by atoms with van der Waals surface area (Å²) in [6, 6.07) is 34.4.